The molecule has 0 unspecified atom stereocenters. The Labute approximate surface area is 158 Å². The van der Waals surface area contributed by atoms with Crippen LogP contribution in [0.3, 0.4) is 0 Å². The normalized spacial score (nSPS) is 11.0. The number of hydrogen-bond acceptors (Lipinski definition) is 9. The van der Waals surface area contributed by atoms with Gasteiger partial charge in [0.15, 0.2) is 5.13 Å². The number of rotatable bonds is 7. The van der Waals surface area contributed by atoms with Crippen LogP contribution in [0.15, 0.2) is 33.3 Å². The van der Waals surface area contributed by atoms with E-state index >= 15 is 0 Å². The third kappa shape index (κ3) is 5.02. The molecular formula is C16H18N6O2S2. The van der Waals surface area contributed by atoms with Crippen molar-refractivity contribution < 1.29 is 9.21 Å². The van der Waals surface area contributed by atoms with Crippen LogP contribution in [0, 0.1) is 0 Å². The lowest BCUT2D eigenvalue weighted by Crippen LogP contribution is -2.15. The van der Waals surface area contributed by atoms with Crippen LogP contribution in [0.2, 0.25) is 0 Å². The molecule has 26 heavy (non-hydrogen) atoms. The quantitative estimate of drug-likeness (QED) is 0.591. The molecule has 0 aromatic carbocycles. The van der Waals surface area contributed by atoms with E-state index in [4.69, 9.17) is 10.2 Å². The Morgan fingerprint density at radius 1 is 1.35 bits per heavy atom. The summed E-state index contributed by atoms with van der Waals surface area (Å²) in [6.45, 7) is 4.12. The minimum atomic E-state index is -0.205. The molecule has 3 rings (SSSR count). The largest absolute Gasteiger partial charge is 0.445 e. The first kappa shape index (κ1) is 18.3. The first-order valence-corrected chi connectivity index (χ1v) is 9.70. The molecule has 0 fully saturated rings. The van der Waals surface area contributed by atoms with Gasteiger partial charge in [-0.3, -0.25) is 4.79 Å². The van der Waals surface area contributed by atoms with Gasteiger partial charge in [0.2, 0.25) is 17.7 Å². The van der Waals surface area contributed by atoms with Crippen molar-refractivity contribution in [2.75, 3.05) is 11.1 Å². The van der Waals surface area contributed by atoms with E-state index in [9.17, 15) is 4.79 Å². The van der Waals surface area contributed by atoms with E-state index in [2.05, 4.69) is 39.1 Å². The van der Waals surface area contributed by atoms with Crippen LogP contribution >= 0.6 is 23.1 Å². The predicted octanol–water partition coefficient (Wildman–Crippen LogP) is 3.10. The monoisotopic (exact) mass is 390 g/mol. The standard InChI is InChI=1S/C16H18N6O2S2/c1-9(2)11-6-19-13(24-11)8-25-14-7-20-16(26-14)22-12(23)5-10-3-4-18-15(17)21-10/h3-4,6-7,9H,5,8H2,1-2H3,(H2,17,18,21)(H,20,22,23). The molecule has 0 atom stereocenters. The smallest absolute Gasteiger partial charge is 0.232 e. The molecule has 3 aromatic heterocycles. The molecule has 10 heteroatoms. The van der Waals surface area contributed by atoms with Gasteiger partial charge in [-0.05, 0) is 6.07 Å². The van der Waals surface area contributed by atoms with Gasteiger partial charge in [-0.15, -0.1) is 11.8 Å². The number of carbonyl (C=O) groups excluding carboxylic acids is 1. The minimum Gasteiger partial charge on any atom is -0.445 e. The molecule has 3 N–H and O–H groups in total. The maximum Gasteiger partial charge on any atom is 0.232 e. The molecule has 0 radical (unpaired) electrons. The van der Waals surface area contributed by atoms with E-state index in [1.807, 2.05) is 0 Å². The van der Waals surface area contributed by atoms with Crippen molar-refractivity contribution in [3.8, 4) is 0 Å². The van der Waals surface area contributed by atoms with Gasteiger partial charge in [0, 0.05) is 12.1 Å². The SMILES string of the molecule is CC(C)c1cnc(CSc2cnc(NC(=O)Cc3ccnc(N)n3)s2)o1. The van der Waals surface area contributed by atoms with Crippen molar-refractivity contribution in [1.82, 2.24) is 19.9 Å². The van der Waals surface area contributed by atoms with Gasteiger partial charge in [0.05, 0.1) is 34.5 Å². The van der Waals surface area contributed by atoms with E-state index < -0.39 is 0 Å². The highest BCUT2D eigenvalue weighted by Gasteiger charge is 2.11. The van der Waals surface area contributed by atoms with E-state index in [1.165, 1.54) is 17.5 Å². The number of nitrogen functional groups attached to an aromatic ring is 1. The fourth-order valence-electron chi connectivity index (χ4n) is 2.01. The van der Waals surface area contributed by atoms with E-state index in [-0.39, 0.29) is 18.3 Å². The fraction of sp³-hybridized carbons (Fsp3) is 0.312. The lowest BCUT2D eigenvalue weighted by molar-refractivity contribution is -0.115. The number of aromatic nitrogens is 4. The summed E-state index contributed by atoms with van der Waals surface area (Å²) >= 11 is 2.96. The second kappa shape index (κ2) is 8.28. The molecule has 0 saturated heterocycles. The highest BCUT2D eigenvalue weighted by molar-refractivity contribution is 8.00. The molecule has 136 valence electrons. The van der Waals surface area contributed by atoms with E-state index in [1.54, 1.807) is 30.2 Å². The van der Waals surface area contributed by atoms with Gasteiger partial charge in [0.25, 0.3) is 0 Å². The first-order chi connectivity index (χ1) is 12.5. The lowest BCUT2D eigenvalue weighted by Gasteiger charge is -2.01. The molecular weight excluding hydrogens is 372 g/mol. The average Bonchev–Trinajstić information content (AvgIpc) is 3.22. The molecule has 1 amide bonds. The number of nitrogens with one attached hydrogen (secondary N) is 1. The predicted molar refractivity (Wildman–Crippen MR) is 101 cm³/mol. The maximum absolute atomic E-state index is 12.1. The number of hydrogen-bond donors (Lipinski definition) is 2. The number of thioether (sulfide) groups is 1. The van der Waals surface area contributed by atoms with Gasteiger partial charge in [0.1, 0.15) is 5.76 Å². The summed E-state index contributed by atoms with van der Waals surface area (Å²) in [4.78, 5) is 28.4. The van der Waals surface area contributed by atoms with Crippen LogP contribution in [0.25, 0.3) is 0 Å². The summed E-state index contributed by atoms with van der Waals surface area (Å²) in [6, 6.07) is 1.65. The van der Waals surface area contributed by atoms with E-state index in [0.29, 0.717) is 28.4 Å². The summed E-state index contributed by atoms with van der Waals surface area (Å²) in [5.74, 6) is 2.43. The average molecular weight is 390 g/mol. The number of oxazole rings is 1. The summed E-state index contributed by atoms with van der Waals surface area (Å²) in [6.07, 6.45) is 5.12. The zero-order valence-electron chi connectivity index (χ0n) is 14.3. The Morgan fingerprint density at radius 2 is 2.19 bits per heavy atom. The first-order valence-electron chi connectivity index (χ1n) is 7.90. The highest BCUT2D eigenvalue weighted by atomic mass is 32.2. The van der Waals surface area contributed by atoms with Crippen molar-refractivity contribution in [1.29, 1.82) is 0 Å². The fourth-order valence-corrected chi connectivity index (χ4v) is 3.76. The Kier molecular flexibility index (Phi) is 5.84. The second-order valence-electron chi connectivity index (χ2n) is 5.72. The Balaban J connectivity index is 1.51. The number of thiazole rings is 1. The molecule has 3 heterocycles. The molecule has 0 bridgehead atoms. The van der Waals surface area contributed by atoms with Crippen LogP contribution in [0.5, 0.6) is 0 Å². The van der Waals surface area contributed by atoms with Crippen molar-refractivity contribution in [3.63, 3.8) is 0 Å². The number of nitrogens with zero attached hydrogens (tertiary/aromatic N) is 4. The molecule has 0 aliphatic carbocycles. The van der Waals surface area contributed by atoms with Crippen LogP contribution < -0.4 is 11.1 Å². The Morgan fingerprint density at radius 3 is 2.92 bits per heavy atom. The van der Waals surface area contributed by atoms with Crippen LogP contribution in [-0.4, -0.2) is 25.8 Å². The molecule has 0 aliphatic heterocycles. The third-order valence-electron chi connectivity index (χ3n) is 3.28. The summed E-state index contributed by atoms with van der Waals surface area (Å²) in [5, 5.41) is 3.30. The van der Waals surface area contributed by atoms with Gasteiger partial charge < -0.3 is 15.5 Å². The molecule has 0 aliphatic rings. The number of amides is 1. The lowest BCUT2D eigenvalue weighted by atomic mass is 10.2. The Bertz CT molecular complexity index is 892. The van der Waals surface area contributed by atoms with Crippen molar-refractivity contribution in [3.05, 3.63) is 42.0 Å². The minimum absolute atomic E-state index is 0.114. The second-order valence-corrected chi connectivity index (χ2v) is 8.02. The zero-order chi connectivity index (χ0) is 18.5. The molecule has 3 aromatic rings. The van der Waals surface area contributed by atoms with Crippen molar-refractivity contribution in [2.24, 2.45) is 0 Å². The molecule has 0 saturated carbocycles. The summed E-state index contributed by atoms with van der Waals surface area (Å²) in [5.41, 5.74) is 6.07. The van der Waals surface area contributed by atoms with E-state index in [0.717, 1.165) is 9.97 Å². The Hall–Kier alpha value is -2.46. The van der Waals surface area contributed by atoms with Crippen molar-refractivity contribution >= 4 is 40.1 Å². The number of nitrogens with two attached hydrogens (primary N) is 1. The van der Waals surface area contributed by atoms with Crippen LogP contribution in [0.1, 0.15) is 37.1 Å². The zero-order valence-corrected chi connectivity index (χ0v) is 15.9. The topological polar surface area (TPSA) is 120 Å². The van der Waals surface area contributed by atoms with Gasteiger partial charge >= 0.3 is 0 Å². The molecule has 0 spiro atoms. The summed E-state index contributed by atoms with van der Waals surface area (Å²) in [7, 11) is 0. The van der Waals surface area contributed by atoms with Gasteiger partial charge in [-0.25, -0.2) is 19.9 Å². The van der Waals surface area contributed by atoms with Crippen LogP contribution in [-0.2, 0) is 17.0 Å². The number of carbonyl (C=O) groups is 1. The van der Waals surface area contributed by atoms with Crippen molar-refractivity contribution in [2.45, 2.75) is 36.1 Å². The highest BCUT2D eigenvalue weighted by Crippen LogP contribution is 2.31. The molecule has 8 nitrogen and oxygen atoms in total. The number of anilines is 2. The summed E-state index contributed by atoms with van der Waals surface area (Å²) < 4.78 is 6.64. The van der Waals surface area contributed by atoms with Gasteiger partial charge in [-0.1, -0.05) is 25.2 Å². The third-order valence-corrected chi connectivity index (χ3v) is 5.37. The van der Waals surface area contributed by atoms with Crippen LogP contribution in [0.4, 0.5) is 11.1 Å². The van der Waals surface area contributed by atoms with Gasteiger partial charge in [-0.2, -0.15) is 0 Å². The maximum atomic E-state index is 12.1.